The van der Waals surface area contributed by atoms with Gasteiger partial charge in [0.1, 0.15) is 0 Å². The Labute approximate surface area is 109 Å². The van der Waals surface area contributed by atoms with Gasteiger partial charge < -0.3 is 29.5 Å². The highest BCUT2D eigenvalue weighted by molar-refractivity contribution is 4.50. The molecule has 112 valence electrons. The van der Waals surface area contributed by atoms with Crippen molar-refractivity contribution in [3.05, 3.63) is 0 Å². The van der Waals surface area contributed by atoms with Crippen LogP contribution in [0.15, 0.2) is 0 Å². The van der Waals surface area contributed by atoms with Gasteiger partial charge in [-0.1, -0.05) is 0 Å². The third kappa shape index (κ3) is 18.1. The molecule has 0 heterocycles. The van der Waals surface area contributed by atoms with Crippen LogP contribution in [0.2, 0.25) is 0 Å². The summed E-state index contributed by atoms with van der Waals surface area (Å²) in [5.41, 5.74) is 0. The zero-order chi connectivity index (χ0) is 14.2. The minimum absolute atomic E-state index is 0.0278. The van der Waals surface area contributed by atoms with Gasteiger partial charge in [-0.05, 0) is 20.8 Å². The number of rotatable bonds is 10. The fourth-order valence-corrected chi connectivity index (χ4v) is 0.916. The third-order valence-electron chi connectivity index (χ3n) is 1.79. The van der Waals surface area contributed by atoms with Crippen molar-refractivity contribution in [1.29, 1.82) is 0 Å². The van der Waals surface area contributed by atoms with Crippen LogP contribution in [-0.4, -0.2) is 73.8 Å². The highest BCUT2D eigenvalue weighted by Gasteiger charge is 2.04. The Morgan fingerprint density at radius 1 is 0.889 bits per heavy atom. The molecule has 3 N–H and O–H groups in total. The van der Waals surface area contributed by atoms with Crippen LogP contribution in [0.25, 0.3) is 0 Å². The van der Waals surface area contributed by atoms with E-state index in [2.05, 4.69) is 4.74 Å². The summed E-state index contributed by atoms with van der Waals surface area (Å²) in [6.45, 7) is 7.76. The topological polar surface area (TPSA) is 88.4 Å². The van der Waals surface area contributed by atoms with E-state index in [9.17, 15) is 0 Å². The monoisotopic (exact) mass is 268 g/mol. The Balaban J connectivity index is 0. The molecule has 0 spiro atoms. The van der Waals surface area contributed by atoms with Crippen molar-refractivity contribution in [3.8, 4) is 0 Å². The van der Waals surface area contributed by atoms with E-state index in [-0.39, 0.29) is 32.0 Å². The second kappa shape index (κ2) is 16.8. The summed E-state index contributed by atoms with van der Waals surface area (Å²) in [7, 11) is 0. The predicted molar refractivity (Wildman–Crippen MR) is 68.6 cm³/mol. The van der Waals surface area contributed by atoms with Crippen molar-refractivity contribution < 1.29 is 29.5 Å². The molecule has 0 amide bonds. The highest BCUT2D eigenvalue weighted by Crippen LogP contribution is 1.95. The van der Waals surface area contributed by atoms with E-state index in [0.29, 0.717) is 26.4 Å². The molecule has 0 aromatic rings. The minimum atomic E-state index is -0.0853. The molecule has 0 aromatic carbocycles. The zero-order valence-corrected chi connectivity index (χ0v) is 11.7. The van der Waals surface area contributed by atoms with Crippen molar-refractivity contribution in [2.75, 3.05) is 46.2 Å². The molecule has 0 bridgehead atoms. The van der Waals surface area contributed by atoms with Crippen molar-refractivity contribution >= 4 is 0 Å². The molecule has 0 saturated carbocycles. The Kier molecular flexibility index (Phi) is 18.7. The molecule has 18 heavy (non-hydrogen) atoms. The van der Waals surface area contributed by atoms with Gasteiger partial charge in [0, 0.05) is 6.61 Å². The van der Waals surface area contributed by atoms with Gasteiger partial charge >= 0.3 is 0 Å². The molecule has 0 aromatic heterocycles. The third-order valence-corrected chi connectivity index (χ3v) is 1.79. The van der Waals surface area contributed by atoms with E-state index in [1.165, 1.54) is 0 Å². The summed E-state index contributed by atoms with van der Waals surface area (Å²) in [5.74, 6) is 0. The van der Waals surface area contributed by atoms with Crippen LogP contribution in [0.4, 0.5) is 0 Å². The quantitative estimate of drug-likeness (QED) is 0.475. The summed E-state index contributed by atoms with van der Waals surface area (Å²) < 4.78 is 15.1. The van der Waals surface area contributed by atoms with Gasteiger partial charge in [0.15, 0.2) is 0 Å². The lowest BCUT2D eigenvalue weighted by Gasteiger charge is -2.14. The number of ether oxygens (including phenoxy) is 3. The number of hydrogen-bond donors (Lipinski definition) is 3. The lowest BCUT2D eigenvalue weighted by atomic mass is 10.4. The van der Waals surface area contributed by atoms with Crippen molar-refractivity contribution in [2.24, 2.45) is 0 Å². The summed E-state index contributed by atoms with van der Waals surface area (Å²) in [6.07, 6.45) is 0.0342. The molecule has 6 heteroatoms. The normalized spacial score (nSPS) is 13.7. The molecule has 0 rings (SSSR count). The maximum Gasteiger partial charge on any atom is 0.0780 e. The summed E-state index contributed by atoms with van der Waals surface area (Å²) >= 11 is 0. The number of aliphatic hydroxyl groups excluding tert-OH is 3. The van der Waals surface area contributed by atoms with Gasteiger partial charge in [-0.3, -0.25) is 0 Å². The van der Waals surface area contributed by atoms with Gasteiger partial charge in [-0.2, -0.15) is 0 Å². The number of aliphatic hydroxyl groups is 3. The fraction of sp³-hybridized carbons (Fsp3) is 1.00. The molecule has 2 unspecified atom stereocenters. The standard InChI is InChI=1S/C8H18O3.C4H10O3/c1-4-10-8(3)6-11-7(2)5-9;5-1-3-7-4-2-6/h7-9H,4-6H2,1-3H3;5-6H,1-4H2. The molecular formula is C12H28O6. The molecule has 0 radical (unpaired) electrons. The van der Waals surface area contributed by atoms with Crippen LogP contribution in [0, 0.1) is 0 Å². The second-order valence-electron chi connectivity index (χ2n) is 3.65. The van der Waals surface area contributed by atoms with Crippen LogP contribution in [0.1, 0.15) is 20.8 Å². The average molecular weight is 268 g/mol. The first-order valence-electron chi connectivity index (χ1n) is 6.25. The minimum Gasteiger partial charge on any atom is -0.394 e. The molecule has 0 aliphatic heterocycles. The van der Waals surface area contributed by atoms with E-state index in [1.54, 1.807) is 0 Å². The Morgan fingerprint density at radius 3 is 1.83 bits per heavy atom. The zero-order valence-electron chi connectivity index (χ0n) is 11.7. The van der Waals surface area contributed by atoms with Crippen molar-refractivity contribution in [3.63, 3.8) is 0 Å². The second-order valence-corrected chi connectivity index (χ2v) is 3.65. The maximum absolute atomic E-state index is 8.61. The molecule has 0 aliphatic rings. The fourth-order valence-electron chi connectivity index (χ4n) is 0.916. The van der Waals surface area contributed by atoms with Crippen molar-refractivity contribution in [2.45, 2.75) is 33.0 Å². The first-order valence-corrected chi connectivity index (χ1v) is 6.25. The van der Waals surface area contributed by atoms with Crippen LogP contribution in [-0.2, 0) is 14.2 Å². The smallest absolute Gasteiger partial charge is 0.0780 e. The molecule has 2 atom stereocenters. The van der Waals surface area contributed by atoms with Crippen LogP contribution in [0.3, 0.4) is 0 Å². The van der Waals surface area contributed by atoms with Crippen LogP contribution < -0.4 is 0 Å². The molecular weight excluding hydrogens is 240 g/mol. The van der Waals surface area contributed by atoms with Gasteiger partial charge in [0.2, 0.25) is 0 Å². The number of hydrogen-bond acceptors (Lipinski definition) is 6. The summed E-state index contributed by atoms with van der Waals surface area (Å²) in [6, 6.07) is 0. The lowest BCUT2D eigenvalue weighted by molar-refractivity contribution is -0.0424. The van der Waals surface area contributed by atoms with Gasteiger partial charge in [-0.25, -0.2) is 0 Å². The van der Waals surface area contributed by atoms with E-state index in [1.807, 2.05) is 20.8 Å². The van der Waals surface area contributed by atoms with Gasteiger partial charge in [0.05, 0.1) is 51.8 Å². The first kappa shape index (κ1) is 20.1. The Hall–Kier alpha value is -0.240. The summed E-state index contributed by atoms with van der Waals surface area (Å²) in [5, 5.41) is 24.8. The van der Waals surface area contributed by atoms with Gasteiger partial charge in [0.25, 0.3) is 0 Å². The predicted octanol–water partition coefficient (Wildman–Crippen LogP) is -0.204. The first-order chi connectivity index (χ1) is 8.62. The Morgan fingerprint density at radius 2 is 1.44 bits per heavy atom. The molecule has 6 nitrogen and oxygen atoms in total. The Bertz CT molecular complexity index is 141. The van der Waals surface area contributed by atoms with E-state index in [0.717, 1.165) is 0 Å². The highest BCUT2D eigenvalue weighted by atomic mass is 16.5. The largest absolute Gasteiger partial charge is 0.394 e. The SMILES string of the molecule is CCOC(C)COC(C)CO.OCCOCCO. The van der Waals surface area contributed by atoms with Crippen LogP contribution in [0.5, 0.6) is 0 Å². The average Bonchev–Trinajstić information content (AvgIpc) is 2.38. The van der Waals surface area contributed by atoms with E-state index in [4.69, 9.17) is 24.8 Å². The molecule has 0 saturated heterocycles. The molecule has 0 fully saturated rings. The summed E-state index contributed by atoms with van der Waals surface area (Å²) in [4.78, 5) is 0. The maximum atomic E-state index is 8.61. The molecule has 0 aliphatic carbocycles. The van der Waals surface area contributed by atoms with E-state index < -0.39 is 0 Å². The van der Waals surface area contributed by atoms with Crippen LogP contribution >= 0.6 is 0 Å². The van der Waals surface area contributed by atoms with Gasteiger partial charge in [-0.15, -0.1) is 0 Å². The van der Waals surface area contributed by atoms with Crippen molar-refractivity contribution in [1.82, 2.24) is 0 Å². The van der Waals surface area contributed by atoms with E-state index >= 15 is 0 Å². The lowest BCUT2D eigenvalue weighted by Crippen LogP contribution is -2.22.